The Labute approximate surface area is 82.7 Å². The lowest BCUT2D eigenvalue weighted by atomic mass is 9.86. The number of carbonyl (C=O) groups excluding carboxylic acids is 1. The van der Waals surface area contributed by atoms with Crippen molar-refractivity contribution in [1.29, 1.82) is 0 Å². The normalized spacial score (nSPS) is 20.1. The third-order valence-corrected chi connectivity index (χ3v) is 3.91. The molecule has 0 spiro atoms. The van der Waals surface area contributed by atoms with Gasteiger partial charge in [-0.3, -0.25) is 0 Å². The highest BCUT2D eigenvalue weighted by Gasteiger charge is 2.41. The van der Waals surface area contributed by atoms with E-state index in [9.17, 15) is 4.79 Å². The number of carbonyl (C=O) groups is 1. The monoisotopic (exact) mass is 246 g/mol. The van der Waals surface area contributed by atoms with Crippen molar-refractivity contribution in [1.82, 2.24) is 0 Å². The zero-order valence-electron chi connectivity index (χ0n) is 6.25. The van der Waals surface area contributed by atoms with Gasteiger partial charge in [-0.25, -0.2) is 0 Å². The zero-order chi connectivity index (χ0) is 8.60. The Kier molecular flexibility index (Phi) is 2.06. The third-order valence-electron chi connectivity index (χ3n) is 2.00. The topological polar surface area (TPSA) is 26.3 Å². The summed E-state index contributed by atoms with van der Waals surface area (Å²) >= 11 is 4.96. The molecule has 1 aromatic heterocycles. The Balaban J connectivity index is 2.33. The standard InChI is InChI=1S/C8H7BrO2S/c9-6-1-7(12-2-6)8(3-10)4-11-5-8/h1-3H,4-5H2. The quantitative estimate of drug-likeness (QED) is 0.747. The maximum atomic E-state index is 10.8. The molecule has 0 aromatic carbocycles. The molecule has 2 rings (SSSR count). The summed E-state index contributed by atoms with van der Waals surface area (Å²) in [5.74, 6) is 0. The van der Waals surface area contributed by atoms with Gasteiger partial charge < -0.3 is 9.53 Å². The van der Waals surface area contributed by atoms with Crippen LogP contribution in [-0.4, -0.2) is 19.5 Å². The molecule has 0 amide bonds. The zero-order valence-corrected chi connectivity index (χ0v) is 8.65. The predicted octanol–water partition coefficient (Wildman–Crippen LogP) is 1.98. The average molecular weight is 247 g/mol. The molecule has 12 heavy (non-hydrogen) atoms. The van der Waals surface area contributed by atoms with Gasteiger partial charge in [0.1, 0.15) is 11.7 Å². The van der Waals surface area contributed by atoms with Gasteiger partial charge in [-0.1, -0.05) is 0 Å². The van der Waals surface area contributed by atoms with Crippen LogP contribution in [0.3, 0.4) is 0 Å². The summed E-state index contributed by atoms with van der Waals surface area (Å²) in [4.78, 5) is 11.9. The predicted molar refractivity (Wildman–Crippen MR) is 50.6 cm³/mol. The molecular weight excluding hydrogens is 240 g/mol. The molecule has 0 atom stereocenters. The van der Waals surface area contributed by atoms with Crippen LogP contribution in [0.25, 0.3) is 0 Å². The van der Waals surface area contributed by atoms with Gasteiger partial charge in [-0.05, 0) is 22.0 Å². The van der Waals surface area contributed by atoms with Gasteiger partial charge in [-0.15, -0.1) is 11.3 Å². The fourth-order valence-electron chi connectivity index (χ4n) is 1.16. The van der Waals surface area contributed by atoms with Crippen molar-refractivity contribution in [3.8, 4) is 0 Å². The van der Waals surface area contributed by atoms with Crippen LogP contribution in [0.5, 0.6) is 0 Å². The van der Waals surface area contributed by atoms with E-state index in [0.717, 1.165) is 15.6 Å². The maximum absolute atomic E-state index is 10.8. The summed E-state index contributed by atoms with van der Waals surface area (Å²) in [5.41, 5.74) is -0.337. The van der Waals surface area contributed by atoms with Gasteiger partial charge in [0.2, 0.25) is 0 Å². The van der Waals surface area contributed by atoms with E-state index in [0.29, 0.717) is 13.2 Å². The molecule has 0 N–H and O–H groups in total. The van der Waals surface area contributed by atoms with Crippen molar-refractivity contribution in [2.24, 2.45) is 0 Å². The van der Waals surface area contributed by atoms with Crippen molar-refractivity contribution < 1.29 is 9.53 Å². The molecule has 2 nitrogen and oxygen atoms in total. The van der Waals surface area contributed by atoms with Gasteiger partial charge in [0, 0.05) is 14.7 Å². The lowest BCUT2D eigenvalue weighted by Crippen LogP contribution is -2.47. The Morgan fingerprint density at radius 3 is 2.75 bits per heavy atom. The second-order valence-electron chi connectivity index (χ2n) is 2.90. The summed E-state index contributed by atoms with van der Waals surface area (Å²) in [6.07, 6.45) is 0.995. The number of hydrogen-bond donors (Lipinski definition) is 0. The number of halogens is 1. The maximum Gasteiger partial charge on any atom is 0.136 e. The van der Waals surface area contributed by atoms with E-state index < -0.39 is 0 Å². The molecule has 1 saturated heterocycles. The average Bonchev–Trinajstić information content (AvgIpc) is 2.35. The van der Waals surface area contributed by atoms with Gasteiger partial charge in [0.15, 0.2) is 0 Å². The SMILES string of the molecule is O=CC1(c2cc(Br)cs2)COC1. The van der Waals surface area contributed by atoms with E-state index in [1.807, 2.05) is 11.4 Å². The number of thiophene rings is 1. The number of hydrogen-bond acceptors (Lipinski definition) is 3. The number of ether oxygens (including phenoxy) is 1. The summed E-state index contributed by atoms with van der Waals surface area (Å²) in [5, 5.41) is 1.99. The summed E-state index contributed by atoms with van der Waals surface area (Å²) < 4.78 is 6.09. The highest BCUT2D eigenvalue weighted by molar-refractivity contribution is 9.10. The number of rotatable bonds is 2. The second-order valence-corrected chi connectivity index (χ2v) is 4.72. The van der Waals surface area contributed by atoms with Crippen molar-refractivity contribution >= 4 is 33.6 Å². The Morgan fingerprint density at radius 1 is 1.67 bits per heavy atom. The molecular formula is C8H7BrO2S. The van der Waals surface area contributed by atoms with Crippen LogP contribution in [0, 0.1) is 0 Å². The molecule has 1 aliphatic rings. The fraction of sp³-hybridized carbons (Fsp3) is 0.375. The molecule has 0 radical (unpaired) electrons. The van der Waals surface area contributed by atoms with Crippen molar-refractivity contribution in [3.05, 3.63) is 20.8 Å². The van der Waals surface area contributed by atoms with Crippen LogP contribution >= 0.6 is 27.3 Å². The second kappa shape index (κ2) is 2.94. The van der Waals surface area contributed by atoms with Crippen LogP contribution < -0.4 is 0 Å². The van der Waals surface area contributed by atoms with Gasteiger partial charge >= 0.3 is 0 Å². The van der Waals surface area contributed by atoms with E-state index >= 15 is 0 Å². The van der Waals surface area contributed by atoms with Crippen molar-refractivity contribution in [2.45, 2.75) is 5.41 Å². The lowest BCUT2D eigenvalue weighted by Gasteiger charge is -2.35. The van der Waals surface area contributed by atoms with Crippen molar-refractivity contribution in [2.75, 3.05) is 13.2 Å². The summed E-state index contributed by atoms with van der Waals surface area (Å²) in [6, 6.07) is 1.99. The van der Waals surface area contributed by atoms with E-state index in [-0.39, 0.29) is 5.41 Å². The summed E-state index contributed by atoms with van der Waals surface area (Å²) in [7, 11) is 0. The fourth-order valence-corrected chi connectivity index (χ4v) is 2.73. The van der Waals surface area contributed by atoms with Gasteiger partial charge in [0.05, 0.1) is 13.2 Å². The molecule has 0 unspecified atom stereocenters. The molecule has 64 valence electrons. The number of aldehydes is 1. The van der Waals surface area contributed by atoms with Crippen LogP contribution in [0.15, 0.2) is 15.9 Å². The first kappa shape index (κ1) is 8.41. The lowest BCUT2D eigenvalue weighted by molar-refractivity contribution is -0.129. The van der Waals surface area contributed by atoms with Crippen LogP contribution in [-0.2, 0) is 14.9 Å². The van der Waals surface area contributed by atoms with E-state index in [2.05, 4.69) is 15.9 Å². The minimum atomic E-state index is -0.337. The van der Waals surface area contributed by atoms with E-state index in [1.165, 1.54) is 0 Å². The Hall–Kier alpha value is -0.190. The molecule has 2 heterocycles. The first-order valence-corrected chi connectivity index (χ1v) is 5.23. The molecule has 1 aliphatic heterocycles. The van der Waals surface area contributed by atoms with Gasteiger partial charge in [-0.2, -0.15) is 0 Å². The smallest absolute Gasteiger partial charge is 0.136 e. The molecule has 0 aliphatic carbocycles. The molecule has 1 fully saturated rings. The van der Waals surface area contributed by atoms with Crippen LogP contribution in [0.1, 0.15) is 4.88 Å². The Bertz CT molecular complexity index is 304. The van der Waals surface area contributed by atoms with Crippen LogP contribution in [0.2, 0.25) is 0 Å². The highest BCUT2D eigenvalue weighted by atomic mass is 79.9. The third kappa shape index (κ3) is 1.14. The molecule has 4 heteroatoms. The largest absolute Gasteiger partial charge is 0.378 e. The summed E-state index contributed by atoms with van der Waals surface area (Å²) in [6.45, 7) is 1.06. The molecule has 0 saturated carbocycles. The first-order chi connectivity index (χ1) is 5.77. The minimum Gasteiger partial charge on any atom is -0.378 e. The van der Waals surface area contributed by atoms with Crippen molar-refractivity contribution in [3.63, 3.8) is 0 Å². The molecule has 0 bridgehead atoms. The Morgan fingerprint density at radius 2 is 2.42 bits per heavy atom. The van der Waals surface area contributed by atoms with E-state index in [4.69, 9.17) is 4.74 Å². The van der Waals surface area contributed by atoms with Crippen LogP contribution in [0.4, 0.5) is 0 Å². The first-order valence-electron chi connectivity index (χ1n) is 3.55. The van der Waals surface area contributed by atoms with E-state index in [1.54, 1.807) is 11.3 Å². The minimum absolute atomic E-state index is 0.337. The highest BCUT2D eigenvalue weighted by Crippen LogP contribution is 2.35. The molecule has 1 aromatic rings. The van der Waals surface area contributed by atoms with Gasteiger partial charge in [0.25, 0.3) is 0 Å².